The van der Waals surface area contributed by atoms with Gasteiger partial charge in [0.2, 0.25) is 0 Å². The molecular formula is C18H19F3N2O. The highest BCUT2D eigenvalue weighted by Crippen LogP contribution is 2.27. The lowest BCUT2D eigenvalue weighted by Crippen LogP contribution is -2.27. The number of nitrogens with zero attached hydrogens (tertiary/aromatic N) is 1. The zero-order valence-electron chi connectivity index (χ0n) is 13.7. The van der Waals surface area contributed by atoms with Crippen LogP contribution in [0, 0.1) is 0 Å². The van der Waals surface area contributed by atoms with Crippen LogP contribution in [-0.4, -0.2) is 10.9 Å². The molecule has 128 valence electrons. The van der Waals surface area contributed by atoms with Crippen molar-refractivity contribution in [3.8, 4) is 0 Å². The lowest BCUT2D eigenvalue weighted by Gasteiger charge is -2.16. The van der Waals surface area contributed by atoms with E-state index >= 15 is 0 Å². The maximum Gasteiger partial charge on any atom is 0.433 e. The molecular weight excluding hydrogens is 317 g/mol. The molecule has 1 aromatic carbocycles. The van der Waals surface area contributed by atoms with Crippen molar-refractivity contribution in [2.45, 2.75) is 38.9 Å². The molecule has 0 bridgehead atoms. The van der Waals surface area contributed by atoms with Gasteiger partial charge in [-0.25, -0.2) is 0 Å². The standard InChI is InChI=1S/C18H19F3N2O/c1-11(2)13-4-6-14(7-5-13)12(3)23-17(24)15-8-9-16(22-10-15)18(19,20)21/h4-12H,1-3H3,(H,23,24)/t12-/m1/s1. The molecule has 1 heterocycles. The summed E-state index contributed by atoms with van der Waals surface area (Å²) in [6.45, 7) is 6.01. The number of halogens is 3. The number of nitrogens with one attached hydrogen (secondary N) is 1. The van der Waals surface area contributed by atoms with E-state index in [4.69, 9.17) is 0 Å². The summed E-state index contributed by atoms with van der Waals surface area (Å²) in [7, 11) is 0. The van der Waals surface area contributed by atoms with E-state index in [0.717, 1.165) is 23.9 Å². The van der Waals surface area contributed by atoms with Gasteiger partial charge in [0.05, 0.1) is 11.6 Å². The van der Waals surface area contributed by atoms with Gasteiger partial charge in [-0.3, -0.25) is 9.78 Å². The summed E-state index contributed by atoms with van der Waals surface area (Å²) in [5, 5.41) is 2.76. The second-order valence-electron chi connectivity index (χ2n) is 5.95. The van der Waals surface area contributed by atoms with Crippen LogP contribution in [0.4, 0.5) is 13.2 Å². The molecule has 1 atom stereocenters. The van der Waals surface area contributed by atoms with Gasteiger partial charge in [0, 0.05) is 6.20 Å². The Morgan fingerprint density at radius 3 is 2.04 bits per heavy atom. The summed E-state index contributed by atoms with van der Waals surface area (Å²) in [4.78, 5) is 15.4. The van der Waals surface area contributed by atoms with Gasteiger partial charge in [0.1, 0.15) is 5.69 Å². The average molecular weight is 336 g/mol. The normalized spacial score (nSPS) is 13.0. The number of aromatic nitrogens is 1. The SMILES string of the molecule is CC(C)c1ccc([C@@H](C)NC(=O)c2ccc(C(F)(F)F)nc2)cc1. The summed E-state index contributed by atoms with van der Waals surface area (Å²) in [5.74, 6) is -0.0428. The lowest BCUT2D eigenvalue weighted by atomic mass is 9.99. The van der Waals surface area contributed by atoms with Crippen molar-refractivity contribution < 1.29 is 18.0 Å². The van der Waals surface area contributed by atoms with Crippen molar-refractivity contribution in [1.29, 1.82) is 0 Å². The zero-order valence-corrected chi connectivity index (χ0v) is 13.7. The maximum atomic E-state index is 12.5. The van der Waals surface area contributed by atoms with Crippen LogP contribution in [-0.2, 0) is 6.18 Å². The Morgan fingerprint density at radius 2 is 1.58 bits per heavy atom. The Morgan fingerprint density at radius 1 is 1.00 bits per heavy atom. The van der Waals surface area contributed by atoms with Gasteiger partial charge >= 0.3 is 6.18 Å². The average Bonchev–Trinajstić information content (AvgIpc) is 2.54. The van der Waals surface area contributed by atoms with E-state index in [0.29, 0.717) is 5.92 Å². The molecule has 0 spiro atoms. The first kappa shape index (κ1) is 18.0. The van der Waals surface area contributed by atoms with Crippen LogP contribution in [0.25, 0.3) is 0 Å². The van der Waals surface area contributed by atoms with Crippen molar-refractivity contribution in [3.63, 3.8) is 0 Å². The monoisotopic (exact) mass is 336 g/mol. The highest BCUT2D eigenvalue weighted by atomic mass is 19.4. The summed E-state index contributed by atoms with van der Waals surface area (Å²) in [6.07, 6.45) is -3.58. The van der Waals surface area contributed by atoms with Gasteiger partial charge in [0.25, 0.3) is 5.91 Å². The minimum atomic E-state index is -4.51. The predicted octanol–water partition coefficient (Wildman–Crippen LogP) is 4.71. The quantitative estimate of drug-likeness (QED) is 0.878. The molecule has 0 saturated carbocycles. The molecule has 0 aliphatic heterocycles. The van der Waals surface area contributed by atoms with E-state index in [9.17, 15) is 18.0 Å². The fraction of sp³-hybridized carbons (Fsp3) is 0.333. The number of rotatable bonds is 4. The van der Waals surface area contributed by atoms with E-state index < -0.39 is 17.8 Å². The predicted molar refractivity (Wildman–Crippen MR) is 85.7 cm³/mol. The molecule has 0 aliphatic rings. The van der Waals surface area contributed by atoms with E-state index in [1.54, 1.807) is 0 Å². The van der Waals surface area contributed by atoms with Crippen LogP contribution in [0.15, 0.2) is 42.6 Å². The number of hydrogen-bond acceptors (Lipinski definition) is 2. The van der Waals surface area contributed by atoms with Crippen LogP contribution in [0.3, 0.4) is 0 Å². The minimum Gasteiger partial charge on any atom is -0.345 e. The van der Waals surface area contributed by atoms with Crippen molar-refractivity contribution in [2.75, 3.05) is 0 Å². The molecule has 0 unspecified atom stereocenters. The van der Waals surface area contributed by atoms with Crippen molar-refractivity contribution in [2.24, 2.45) is 0 Å². The largest absolute Gasteiger partial charge is 0.433 e. The molecule has 1 N–H and O–H groups in total. The van der Waals surface area contributed by atoms with Gasteiger partial charge in [-0.15, -0.1) is 0 Å². The number of alkyl halides is 3. The highest BCUT2D eigenvalue weighted by Gasteiger charge is 2.32. The number of benzene rings is 1. The van der Waals surface area contributed by atoms with E-state index in [1.807, 2.05) is 31.2 Å². The van der Waals surface area contributed by atoms with Gasteiger partial charge in [-0.05, 0) is 36.1 Å². The van der Waals surface area contributed by atoms with E-state index in [1.165, 1.54) is 5.56 Å². The molecule has 2 aromatic rings. The number of hydrogen-bond donors (Lipinski definition) is 1. The van der Waals surface area contributed by atoms with Gasteiger partial charge in [-0.1, -0.05) is 38.1 Å². The molecule has 1 aromatic heterocycles. The van der Waals surface area contributed by atoms with Gasteiger partial charge < -0.3 is 5.32 Å². The number of amides is 1. The van der Waals surface area contributed by atoms with Crippen LogP contribution >= 0.6 is 0 Å². The fourth-order valence-corrected chi connectivity index (χ4v) is 2.23. The van der Waals surface area contributed by atoms with Crippen LogP contribution in [0.5, 0.6) is 0 Å². The molecule has 0 saturated heterocycles. The fourth-order valence-electron chi connectivity index (χ4n) is 2.23. The van der Waals surface area contributed by atoms with Crippen molar-refractivity contribution in [1.82, 2.24) is 10.3 Å². The summed E-state index contributed by atoms with van der Waals surface area (Å²) in [6, 6.07) is 9.54. The highest BCUT2D eigenvalue weighted by molar-refractivity contribution is 5.94. The Kier molecular flexibility index (Phi) is 5.26. The summed E-state index contributed by atoms with van der Waals surface area (Å²) in [5.41, 5.74) is 1.20. The first-order valence-electron chi connectivity index (χ1n) is 7.62. The molecule has 3 nitrogen and oxygen atoms in total. The van der Waals surface area contributed by atoms with Gasteiger partial charge in [0.15, 0.2) is 0 Å². The third kappa shape index (κ3) is 4.34. The smallest absolute Gasteiger partial charge is 0.345 e. The Labute approximate surface area is 138 Å². The van der Waals surface area contributed by atoms with Crippen molar-refractivity contribution >= 4 is 5.91 Å². The van der Waals surface area contributed by atoms with Crippen LogP contribution < -0.4 is 5.32 Å². The first-order valence-corrected chi connectivity index (χ1v) is 7.62. The second-order valence-corrected chi connectivity index (χ2v) is 5.95. The summed E-state index contributed by atoms with van der Waals surface area (Å²) >= 11 is 0. The van der Waals surface area contributed by atoms with Crippen molar-refractivity contribution in [3.05, 3.63) is 65.0 Å². The zero-order chi connectivity index (χ0) is 17.9. The third-order valence-electron chi connectivity index (χ3n) is 3.77. The minimum absolute atomic E-state index is 0.0913. The van der Waals surface area contributed by atoms with Crippen LogP contribution in [0.2, 0.25) is 0 Å². The topological polar surface area (TPSA) is 42.0 Å². The number of carbonyl (C=O) groups excluding carboxylic acids is 1. The third-order valence-corrected chi connectivity index (χ3v) is 3.77. The lowest BCUT2D eigenvalue weighted by molar-refractivity contribution is -0.141. The molecule has 6 heteroatoms. The maximum absolute atomic E-state index is 12.5. The number of carbonyl (C=O) groups is 1. The van der Waals surface area contributed by atoms with E-state index in [-0.39, 0.29) is 11.6 Å². The number of pyridine rings is 1. The molecule has 1 amide bonds. The Hall–Kier alpha value is -2.37. The first-order chi connectivity index (χ1) is 11.2. The molecule has 0 aliphatic carbocycles. The molecule has 24 heavy (non-hydrogen) atoms. The summed E-state index contributed by atoms with van der Waals surface area (Å²) < 4.78 is 37.4. The van der Waals surface area contributed by atoms with Crippen LogP contribution in [0.1, 0.15) is 59.9 Å². The Bertz CT molecular complexity index is 692. The second kappa shape index (κ2) is 7.03. The van der Waals surface area contributed by atoms with E-state index in [2.05, 4.69) is 24.1 Å². The van der Waals surface area contributed by atoms with Gasteiger partial charge in [-0.2, -0.15) is 13.2 Å². The molecule has 0 fully saturated rings. The molecule has 0 radical (unpaired) electrons. The Balaban J connectivity index is 2.05. The molecule has 2 rings (SSSR count).